The van der Waals surface area contributed by atoms with Crippen LogP contribution in [0.4, 0.5) is 17.3 Å². The predicted octanol–water partition coefficient (Wildman–Crippen LogP) is 11.4. The SMILES string of the molecule is c1ccc2c(c1)-c1c3c(cccc3cc3sc4ccccc4c13)N2c1nc(-c2cccc3ccccc23)c2ccccc2n1. The van der Waals surface area contributed by atoms with Gasteiger partial charge >= 0.3 is 0 Å². The summed E-state index contributed by atoms with van der Waals surface area (Å²) in [6.07, 6.45) is 0. The molecule has 3 heterocycles. The number of nitrogens with zero attached hydrogens (tertiary/aromatic N) is 3. The first-order valence-electron chi connectivity index (χ1n) is 14.8. The average molecular weight is 578 g/mol. The number of hydrogen-bond donors (Lipinski definition) is 0. The summed E-state index contributed by atoms with van der Waals surface area (Å²) in [4.78, 5) is 12.9. The Kier molecular flexibility index (Phi) is 4.87. The number of benzene rings is 7. The van der Waals surface area contributed by atoms with Gasteiger partial charge in [-0.15, -0.1) is 11.3 Å². The fourth-order valence-corrected chi connectivity index (χ4v) is 8.29. The van der Waals surface area contributed by atoms with Crippen molar-refractivity contribution in [3.8, 4) is 22.4 Å². The quantitative estimate of drug-likeness (QED) is 0.205. The zero-order valence-electron chi connectivity index (χ0n) is 23.5. The smallest absolute Gasteiger partial charge is 0.235 e. The molecule has 10 rings (SSSR count). The van der Waals surface area contributed by atoms with Crippen LogP contribution in [0.15, 0.2) is 140 Å². The van der Waals surface area contributed by atoms with E-state index in [4.69, 9.17) is 9.97 Å². The van der Waals surface area contributed by atoms with Crippen molar-refractivity contribution in [1.82, 2.24) is 9.97 Å². The Labute approximate surface area is 257 Å². The van der Waals surface area contributed by atoms with E-state index in [-0.39, 0.29) is 0 Å². The van der Waals surface area contributed by atoms with Gasteiger partial charge in [0.15, 0.2) is 0 Å². The molecule has 0 unspecified atom stereocenters. The van der Waals surface area contributed by atoms with Crippen LogP contribution in [-0.4, -0.2) is 9.97 Å². The molecule has 204 valence electrons. The standard InChI is InChI=1S/C40H23N3S/c1-2-14-26-24(11-1)12-9-18-27(26)39-28-15-3-6-19-31(28)41-40(42-39)43-32-20-7-4-16-29(32)38-36-25(13-10-21-33(36)43)23-35-37(38)30-17-5-8-22-34(30)44-35/h1-23H. The van der Waals surface area contributed by atoms with E-state index in [1.807, 2.05) is 11.3 Å². The molecule has 7 aromatic carbocycles. The Morgan fingerprint density at radius 1 is 0.477 bits per heavy atom. The van der Waals surface area contributed by atoms with E-state index in [0.29, 0.717) is 5.95 Å². The normalized spacial score (nSPS) is 12.5. The molecule has 0 saturated heterocycles. The number of fused-ring (bicyclic) bond motifs is 8. The van der Waals surface area contributed by atoms with Crippen molar-refractivity contribution in [3.05, 3.63) is 140 Å². The minimum Gasteiger partial charge on any atom is -0.278 e. The number of para-hydroxylation sites is 2. The number of rotatable bonds is 2. The highest BCUT2D eigenvalue weighted by Crippen LogP contribution is 2.55. The van der Waals surface area contributed by atoms with Crippen LogP contribution in [0.1, 0.15) is 0 Å². The van der Waals surface area contributed by atoms with Crippen LogP contribution in [0.2, 0.25) is 0 Å². The molecule has 4 heteroatoms. The molecule has 0 radical (unpaired) electrons. The molecule has 0 saturated carbocycles. The highest BCUT2D eigenvalue weighted by molar-refractivity contribution is 7.26. The molecule has 2 aromatic heterocycles. The highest BCUT2D eigenvalue weighted by atomic mass is 32.1. The van der Waals surface area contributed by atoms with Gasteiger partial charge in [0.05, 0.1) is 22.6 Å². The average Bonchev–Trinajstić information content (AvgIpc) is 3.46. The Morgan fingerprint density at radius 3 is 2.11 bits per heavy atom. The summed E-state index contributed by atoms with van der Waals surface area (Å²) in [5.74, 6) is 0.674. The molecule has 1 aliphatic rings. The van der Waals surface area contributed by atoms with E-state index in [9.17, 15) is 0 Å². The van der Waals surface area contributed by atoms with Gasteiger partial charge in [-0.05, 0) is 46.5 Å². The van der Waals surface area contributed by atoms with E-state index in [2.05, 4.69) is 144 Å². The Hall–Kier alpha value is -5.58. The molecule has 0 atom stereocenters. The van der Waals surface area contributed by atoms with Crippen molar-refractivity contribution in [2.24, 2.45) is 0 Å². The molecule has 3 nitrogen and oxygen atoms in total. The topological polar surface area (TPSA) is 29.0 Å². The van der Waals surface area contributed by atoms with Crippen LogP contribution in [0.25, 0.3) is 75.0 Å². The molecular formula is C40H23N3S. The summed E-state index contributed by atoms with van der Waals surface area (Å²) in [6.45, 7) is 0. The van der Waals surface area contributed by atoms with E-state index < -0.39 is 0 Å². The number of thiophene rings is 1. The van der Waals surface area contributed by atoms with Gasteiger partial charge in [0.1, 0.15) is 0 Å². The van der Waals surface area contributed by atoms with Gasteiger partial charge in [-0.2, -0.15) is 0 Å². The molecule has 0 aliphatic carbocycles. The Bertz CT molecular complexity index is 2630. The summed E-state index contributed by atoms with van der Waals surface area (Å²) in [7, 11) is 0. The molecule has 9 aromatic rings. The van der Waals surface area contributed by atoms with Crippen molar-refractivity contribution >= 4 is 81.3 Å². The summed E-state index contributed by atoms with van der Waals surface area (Å²) < 4.78 is 2.63. The third kappa shape index (κ3) is 3.26. The van der Waals surface area contributed by atoms with Crippen molar-refractivity contribution < 1.29 is 0 Å². The van der Waals surface area contributed by atoms with Gasteiger partial charge in [0.25, 0.3) is 0 Å². The molecule has 0 fully saturated rings. The second kappa shape index (κ2) is 8.96. The highest BCUT2D eigenvalue weighted by Gasteiger charge is 2.30. The Balaban J connectivity index is 1.33. The molecule has 44 heavy (non-hydrogen) atoms. The molecule has 0 bridgehead atoms. The van der Waals surface area contributed by atoms with Gasteiger partial charge in [0, 0.05) is 47.6 Å². The third-order valence-electron chi connectivity index (χ3n) is 8.98. The summed E-state index contributed by atoms with van der Waals surface area (Å²) in [6, 6.07) is 49.9. The van der Waals surface area contributed by atoms with Gasteiger partial charge in [-0.3, -0.25) is 4.90 Å². The Morgan fingerprint density at radius 2 is 1.16 bits per heavy atom. The van der Waals surface area contributed by atoms with Crippen LogP contribution < -0.4 is 4.90 Å². The predicted molar refractivity (Wildman–Crippen MR) is 187 cm³/mol. The van der Waals surface area contributed by atoms with Crippen molar-refractivity contribution in [3.63, 3.8) is 0 Å². The third-order valence-corrected chi connectivity index (χ3v) is 10.1. The van der Waals surface area contributed by atoms with E-state index in [1.54, 1.807) is 0 Å². The van der Waals surface area contributed by atoms with Gasteiger partial charge < -0.3 is 0 Å². The summed E-state index contributed by atoms with van der Waals surface area (Å²) >= 11 is 1.87. The van der Waals surface area contributed by atoms with Gasteiger partial charge in [0.2, 0.25) is 5.95 Å². The zero-order valence-corrected chi connectivity index (χ0v) is 24.3. The molecular weight excluding hydrogens is 555 g/mol. The van der Waals surface area contributed by atoms with E-state index in [1.165, 1.54) is 52.8 Å². The lowest BCUT2D eigenvalue weighted by molar-refractivity contribution is 1.11. The summed E-state index contributed by atoms with van der Waals surface area (Å²) in [5.41, 5.74) is 7.67. The second-order valence-corrected chi connectivity index (χ2v) is 12.5. The van der Waals surface area contributed by atoms with Crippen LogP contribution in [0.5, 0.6) is 0 Å². The first kappa shape index (κ1) is 23.9. The van der Waals surface area contributed by atoms with Crippen LogP contribution in [0, 0.1) is 0 Å². The molecule has 1 aliphatic heterocycles. The largest absolute Gasteiger partial charge is 0.278 e. The number of aromatic nitrogens is 2. The monoisotopic (exact) mass is 577 g/mol. The maximum absolute atomic E-state index is 5.42. The van der Waals surface area contributed by atoms with Crippen LogP contribution in [-0.2, 0) is 0 Å². The fraction of sp³-hybridized carbons (Fsp3) is 0. The van der Waals surface area contributed by atoms with E-state index >= 15 is 0 Å². The van der Waals surface area contributed by atoms with Gasteiger partial charge in [-0.1, -0.05) is 109 Å². The van der Waals surface area contributed by atoms with Crippen molar-refractivity contribution in [2.45, 2.75) is 0 Å². The van der Waals surface area contributed by atoms with E-state index in [0.717, 1.165) is 33.5 Å². The van der Waals surface area contributed by atoms with Crippen molar-refractivity contribution in [2.75, 3.05) is 4.90 Å². The maximum atomic E-state index is 5.42. The lowest BCUT2D eigenvalue weighted by atomic mass is 9.88. The second-order valence-electron chi connectivity index (χ2n) is 11.4. The molecule has 0 amide bonds. The van der Waals surface area contributed by atoms with Gasteiger partial charge in [-0.25, -0.2) is 9.97 Å². The van der Waals surface area contributed by atoms with Crippen LogP contribution in [0.3, 0.4) is 0 Å². The molecule has 0 spiro atoms. The maximum Gasteiger partial charge on any atom is 0.235 e. The minimum atomic E-state index is 0.674. The summed E-state index contributed by atoms with van der Waals surface area (Å²) in [5, 5.41) is 8.53. The lowest BCUT2D eigenvalue weighted by Crippen LogP contribution is -2.18. The van der Waals surface area contributed by atoms with Crippen molar-refractivity contribution in [1.29, 1.82) is 0 Å². The zero-order chi connectivity index (χ0) is 28.8. The minimum absolute atomic E-state index is 0.674. The molecule has 0 N–H and O–H groups in total. The fourth-order valence-electron chi connectivity index (χ4n) is 7.12. The first-order chi connectivity index (χ1) is 21.8. The number of anilines is 3. The van der Waals surface area contributed by atoms with Crippen LogP contribution >= 0.6 is 11.3 Å². The lowest BCUT2D eigenvalue weighted by Gasteiger charge is -2.32. The number of hydrogen-bond acceptors (Lipinski definition) is 4. The first-order valence-corrected chi connectivity index (χ1v) is 15.7.